The van der Waals surface area contributed by atoms with Crippen LogP contribution < -0.4 is 10.6 Å². The molecule has 2 aromatic rings. The summed E-state index contributed by atoms with van der Waals surface area (Å²) < 4.78 is 0. The fourth-order valence-electron chi connectivity index (χ4n) is 3.03. The van der Waals surface area contributed by atoms with Gasteiger partial charge in [0, 0.05) is 43.0 Å². The smallest absolute Gasteiger partial charge is 0.227 e. The highest BCUT2D eigenvalue weighted by atomic mass is 16.2. The highest BCUT2D eigenvalue weighted by molar-refractivity contribution is 5.93. The maximum atomic E-state index is 12.4. The fraction of sp³-hybridized carbons (Fsp3) is 0.300. The van der Waals surface area contributed by atoms with Crippen LogP contribution in [0.3, 0.4) is 0 Å². The van der Waals surface area contributed by atoms with E-state index in [9.17, 15) is 9.59 Å². The second kappa shape index (κ2) is 7.83. The normalized spacial score (nSPS) is 14.8. The van der Waals surface area contributed by atoms with Crippen molar-refractivity contribution < 1.29 is 9.59 Å². The van der Waals surface area contributed by atoms with Gasteiger partial charge in [-0.2, -0.15) is 0 Å². The van der Waals surface area contributed by atoms with Gasteiger partial charge >= 0.3 is 0 Å². The lowest BCUT2D eigenvalue weighted by molar-refractivity contribution is -0.132. The SMILES string of the molecule is CC(=O)N1CCC(C(=O)Nc2ccc(Nc3ccccc3)cc2)CC1. The average Bonchev–Trinajstić information content (AvgIpc) is 2.64. The summed E-state index contributed by atoms with van der Waals surface area (Å²) in [5, 5.41) is 6.29. The van der Waals surface area contributed by atoms with Gasteiger partial charge in [-0.3, -0.25) is 9.59 Å². The maximum absolute atomic E-state index is 12.4. The molecule has 0 unspecified atom stereocenters. The lowest BCUT2D eigenvalue weighted by atomic mass is 9.96. The Balaban J connectivity index is 1.53. The number of likely N-dealkylation sites (tertiary alicyclic amines) is 1. The van der Waals surface area contributed by atoms with Gasteiger partial charge in [-0.15, -0.1) is 0 Å². The number of carbonyl (C=O) groups excluding carboxylic acids is 2. The van der Waals surface area contributed by atoms with Crippen LogP contribution in [0.4, 0.5) is 17.1 Å². The number of hydrogen-bond acceptors (Lipinski definition) is 3. The van der Waals surface area contributed by atoms with Crippen molar-refractivity contribution in [2.45, 2.75) is 19.8 Å². The van der Waals surface area contributed by atoms with E-state index in [0.717, 1.165) is 29.9 Å². The Morgan fingerprint density at radius 3 is 2.04 bits per heavy atom. The number of amides is 2. The van der Waals surface area contributed by atoms with Crippen molar-refractivity contribution in [1.29, 1.82) is 0 Å². The molecule has 5 nitrogen and oxygen atoms in total. The first-order valence-corrected chi connectivity index (χ1v) is 8.60. The quantitative estimate of drug-likeness (QED) is 0.895. The van der Waals surface area contributed by atoms with Crippen molar-refractivity contribution in [2.24, 2.45) is 5.92 Å². The van der Waals surface area contributed by atoms with E-state index in [4.69, 9.17) is 0 Å². The van der Waals surface area contributed by atoms with Gasteiger partial charge in [0.2, 0.25) is 11.8 Å². The van der Waals surface area contributed by atoms with Gasteiger partial charge in [0.15, 0.2) is 0 Å². The number of rotatable bonds is 4. The second-order valence-electron chi connectivity index (χ2n) is 6.34. The Bertz CT molecular complexity index is 720. The monoisotopic (exact) mass is 337 g/mol. The number of nitrogens with zero attached hydrogens (tertiary/aromatic N) is 1. The molecule has 2 aromatic carbocycles. The number of para-hydroxylation sites is 1. The van der Waals surface area contributed by atoms with Crippen molar-refractivity contribution in [3.63, 3.8) is 0 Å². The van der Waals surface area contributed by atoms with E-state index < -0.39 is 0 Å². The van der Waals surface area contributed by atoms with E-state index in [0.29, 0.717) is 13.1 Å². The minimum Gasteiger partial charge on any atom is -0.356 e. The minimum atomic E-state index is -0.0299. The summed E-state index contributed by atoms with van der Waals surface area (Å²) >= 11 is 0. The molecule has 1 aliphatic rings. The highest BCUT2D eigenvalue weighted by Crippen LogP contribution is 2.22. The molecule has 5 heteroatoms. The molecule has 0 aliphatic carbocycles. The van der Waals surface area contributed by atoms with Crippen molar-refractivity contribution >= 4 is 28.9 Å². The van der Waals surface area contributed by atoms with Gasteiger partial charge in [0.25, 0.3) is 0 Å². The molecule has 0 saturated carbocycles. The third-order valence-electron chi connectivity index (χ3n) is 4.53. The number of hydrogen-bond donors (Lipinski definition) is 2. The Morgan fingerprint density at radius 1 is 0.880 bits per heavy atom. The number of carbonyl (C=O) groups is 2. The molecule has 130 valence electrons. The van der Waals surface area contributed by atoms with Gasteiger partial charge in [0.1, 0.15) is 0 Å². The first kappa shape index (κ1) is 17.0. The molecule has 0 spiro atoms. The fourth-order valence-corrected chi connectivity index (χ4v) is 3.03. The lowest BCUT2D eigenvalue weighted by Crippen LogP contribution is -2.40. The van der Waals surface area contributed by atoms with Crippen LogP contribution in [0.2, 0.25) is 0 Å². The standard InChI is InChI=1S/C20H23N3O2/c1-15(24)23-13-11-16(12-14-23)20(25)22-19-9-7-18(8-10-19)21-17-5-3-2-4-6-17/h2-10,16,21H,11-14H2,1H3,(H,22,25). The van der Waals surface area contributed by atoms with Crippen LogP contribution in [-0.4, -0.2) is 29.8 Å². The molecule has 1 saturated heterocycles. The van der Waals surface area contributed by atoms with Crippen molar-refractivity contribution in [1.82, 2.24) is 4.90 Å². The number of piperidine rings is 1. The largest absolute Gasteiger partial charge is 0.356 e. The van der Waals surface area contributed by atoms with Gasteiger partial charge in [-0.25, -0.2) is 0 Å². The van der Waals surface area contributed by atoms with E-state index >= 15 is 0 Å². The maximum Gasteiger partial charge on any atom is 0.227 e. The minimum absolute atomic E-state index is 0.0299. The molecular weight excluding hydrogens is 314 g/mol. The Labute approximate surface area is 148 Å². The zero-order chi connectivity index (χ0) is 17.6. The summed E-state index contributed by atoms with van der Waals surface area (Å²) in [6.45, 7) is 2.89. The molecule has 1 heterocycles. The Kier molecular flexibility index (Phi) is 5.33. The van der Waals surface area contributed by atoms with E-state index in [1.165, 1.54) is 0 Å². The Hall–Kier alpha value is -2.82. The lowest BCUT2D eigenvalue weighted by Gasteiger charge is -2.30. The van der Waals surface area contributed by atoms with E-state index in [-0.39, 0.29) is 17.7 Å². The van der Waals surface area contributed by atoms with Crippen LogP contribution in [0, 0.1) is 5.92 Å². The van der Waals surface area contributed by atoms with Gasteiger partial charge in [-0.1, -0.05) is 18.2 Å². The molecule has 2 N–H and O–H groups in total. The molecule has 25 heavy (non-hydrogen) atoms. The van der Waals surface area contributed by atoms with Gasteiger partial charge < -0.3 is 15.5 Å². The summed E-state index contributed by atoms with van der Waals surface area (Å²) in [7, 11) is 0. The Morgan fingerprint density at radius 2 is 1.44 bits per heavy atom. The zero-order valence-corrected chi connectivity index (χ0v) is 14.4. The molecule has 0 aromatic heterocycles. The van der Waals surface area contributed by atoms with E-state index in [2.05, 4.69) is 10.6 Å². The third-order valence-corrected chi connectivity index (χ3v) is 4.53. The molecule has 2 amide bonds. The molecule has 0 bridgehead atoms. The van der Waals surface area contributed by atoms with E-state index in [1.54, 1.807) is 11.8 Å². The summed E-state index contributed by atoms with van der Waals surface area (Å²) in [4.78, 5) is 25.5. The molecule has 0 radical (unpaired) electrons. The van der Waals surface area contributed by atoms with Crippen LogP contribution in [0.1, 0.15) is 19.8 Å². The van der Waals surface area contributed by atoms with E-state index in [1.807, 2.05) is 54.6 Å². The average molecular weight is 337 g/mol. The molecular formula is C20H23N3O2. The first-order chi connectivity index (χ1) is 12.1. The van der Waals surface area contributed by atoms with Crippen molar-refractivity contribution in [2.75, 3.05) is 23.7 Å². The number of benzene rings is 2. The van der Waals surface area contributed by atoms with Crippen LogP contribution >= 0.6 is 0 Å². The first-order valence-electron chi connectivity index (χ1n) is 8.60. The predicted molar refractivity (Wildman–Crippen MR) is 99.8 cm³/mol. The van der Waals surface area contributed by atoms with Crippen LogP contribution in [0.25, 0.3) is 0 Å². The third kappa shape index (κ3) is 4.59. The summed E-state index contributed by atoms with van der Waals surface area (Å²) in [6, 6.07) is 17.6. The van der Waals surface area contributed by atoms with Crippen LogP contribution in [0.5, 0.6) is 0 Å². The van der Waals surface area contributed by atoms with Gasteiger partial charge in [0.05, 0.1) is 0 Å². The zero-order valence-electron chi connectivity index (χ0n) is 14.4. The van der Waals surface area contributed by atoms with Gasteiger partial charge in [-0.05, 0) is 49.2 Å². The topological polar surface area (TPSA) is 61.4 Å². The summed E-state index contributed by atoms with van der Waals surface area (Å²) in [5.74, 6) is 0.0880. The molecule has 1 fully saturated rings. The van der Waals surface area contributed by atoms with Crippen LogP contribution in [-0.2, 0) is 9.59 Å². The molecule has 1 aliphatic heterocycles. The second-order valence-corrected chi connectivity index (χ2v) is 6.34. The van der Waals surface area contributed by atoms with Crippen molar-refractivity contribution in [3.05, 3.63) is 54.6 Å². The van der Waals surface area contributed by atoms with Crippen molar-refractivity contribution in [3.8, 4) is 0 Å². The molecule has 3 rings (SSSR count). The number of nitrogens with one attached hydrogen (secondary N) is 2. The van der Waals surface area contributed by atoms with Crippen LogP contribution in [0.15, 0.2) is 54.6 Å². The number of anilines is 3. The molecule has 0 atom stereocenters. The summed E-state index contributed by atoms with van der Waals surface area (Å²) in [5.41, 5.74) is 2.79. The predicted octanol–water partition coefficient (Wildman–Crippen LogP) is 3.63. The highest BCUT2D eigenvalue weighted by Gasteiger charge is 2.25. The summed E-state index contributed by atoms with van der Waals surface area (Å²) in [6.07, 6.45) is 1.44.